The molecular weight excluding hydrogens is 444 g/mol. The summed E-state index contributed by atoms with van der Waals surface area (Å²) >= 11 is 5.87. The Kier molecular flexibility index (Phi) is 6.99. The quantitative estimate of drug-likeness (QED) is 0.543. The van der Waals surface area contributed by atoms with Crippen molar-refractivity contribution in [3.05, 3.63) is 70.9 Å². The van der Waals surface area contributed by atoms with Crippen molar-refractivity contribution < 1.29 is 23.5 Å². The molecule has 2 aromatic carbocycles. The maximum Gasteiger partial charge on any atom is 0.309 e. The summed E-state index contributed by atoms with van der Waals surface area (Å²) in [7, 11) is 0. The molecular formula is C25H25ClN2O5. The highest BCUT2D eigenvalue weighted by Gasteiger charge is 2.29. The molecule has 0 unspecified atom stereocenters. The number of amides is 2. The van der Waals surface area contributed by atoms with E-state index in [0.717, 1.165) is 11.0 Å². The first-order valence-electron chi connectivity index (χ1n) is 10.9. The lowest BCUT2D eigenvalue weighted by Gasteiger charge is -2.31. The second-order valence-electron chi connectivity index (χ2n) is 8.16. The van der Waals surface area contributed by atoms with Gasteiger partial charge in [-0.25, -0.2) is 0 Å². The van der Waals surface area contributed by atoms with E-state index in [4.69, 9.17) is 20.8 Å². The van der Waals surface area contributed by atoms with Gasteiger partial charge in [-0.1, -0.05) is 29.8 Å². The Bertz CT molecular complexity index is 1120. The maximum absolute atomic E-state index is 12.6. The number of furan rings is 1. The fourth-order valence-corrected chi connectivity index (χ4v) is 4.04. The number of carbonyl (C=O) groups is 3. The average Bonchev–Trinajstić information content (AvgIpc) is 3.27. The molecule has 1 saturated heterocycles. The summed E-state index contributed by atoms with van der Waals surface area (Å²) in [6, 6.07) is 15.9. The van der Waals surface area contributed by atoms with Crippen LogP contribution in [0.1, 0.15) is 41.9 Å². The van der Waals surface area contributed by atoms with Crippen molar-refractivity contribution in [3.8, 4) is 0 Å². The first kappa shape index (κ1) is 22.9. The van der Waals surface area contributed by atoms with Crippen molar-refractivity contribution >= 4 is 40.4 Å². The first-order chi connectivity index (χ1) is 15.9. The van der Waals surface area contributed by atoms with Crippen LogP contribution in [-0.2, 0) is 14.3 Å². The molecule has 7 nitrogen and oxygen atoms in total. The van der Waals surface area contributed by atoms with Gasteiger partial charge in [-0.2, -0.15) is 0 Å². The van der Waals surface area contributed by atoms with Crippen LogP contribution >= 0.6 is 11.6 Å². The molecule has 8 heteroatoms. The van der Waals surface area contributed by atoms with E-state index < -0.39 is 11.9 Å². The van der Waals surface area contributed by atoms with E-state index in [2.05, 4.69) is 5.32 Å². The average molecular weight is 469 g/mol. The van der Waals surface area contributed by atoms with Crippen molar-refractivity contribution in [2.75, 3.05) is 19.7 Å². The number of rotatable bonds is 6. The molecule has 0 aliphatic carbocycles. The number of benzene rings is 2. The Hall–Kier alpha value is -3.32. The van der Waals surface area contributed by atoms with Gasteiger partial charge < -0.3 is 19.4 Å². The van der Waals surface area contributed by atoms with E-state index in [-0.39, 0.29) is 24.5 Å². The molecule has 0 radical (unpaired) electrons. The van der Waals surface area contributed by atoms with Gasteiger partial charge in [-0.05, 0) is 56.2 Å². The molecule has 172 valence electrons. The van der Waals surface area contributed by atoms with Crippen molar-refractivity contribution in [2.24, 2.45) is 5.92 Å². The molecule has 1 aliphatic heterocycles. The number of nitrogens with zero attached hydrogens (tertiary/aromatic N) is 1. The fraction of sp³-hybridized carbons (Fsp3) is 0.320. The summed E-state index contributed by atoms with van der Waals surface area (Å²) < 4.78 is 11.0. The summed E-state index contributed by atoms with van der Waals surface area (Å²) in [5, 5.41) is 4.32. The van der Waals surface area contributed by atoms with Gasteiger partial charge in [-0.15, -0.1) is 0 Å². The summed E-state index contributed by atoms with van der Waals surface area (Å²) in [5.41, 5.74) is 1.32. The first-order valence-corrected chi connectivity index (χ1v) is 11.3. The highest BCUT2D eigenvalue weighted by molar-refractivity contribution is 6.30. The van der Waals surface area contributed by atoms with Gasteiger partial charge in [0.25, 0.3) is 11.8 Å². The van der Waals surface area contributed by atoms with Gasteiger partial charge in [0, 0.05) is 29.1 Å². The lowest BCUT2D eigenvalue weighted by molar-refractivity contribution is -0.154. The molecule has 1 aliphatic rings. The molecule has 1 N–H and O–H groups in total. The minimum Gasteiger partial charge on any atom is -0.459 e. The lowest BCUT2D eigenvalue weighted by atomic mass is 9.96. The largest absolute Gasteiger partial charge is 0.459 e. The molecule has 1 fully saturated rings. The smallest absolute Gasteiger partial charge is 0.309 e. The molecule has 0 spiro atoms. The normalized spacial score (nSPS) is 15.3. The molecule has 0 bridgehead atoms. The number of likely N-dealkylation sites (tertiary alicyclic amines) is 1. The van der Waals surface area contributed by atoms with Crippen molar-refractivity contribution in [1.29, 1.82) is 0 Å². The van der Waals surface area contributed by atoms with E-state index in [1.54, 1.807) is 29.2 Å². The number of hydrogen-bond acceptors (Lipinski definition) is 5. The minimum atomic E-state index is -0.417. The number of nitrogens with one attached hydrogen (secondary N) is 1. The highest BCUT2D eigenvalue weighted by atomic mass is 35.5. The van der Waals surface area contributed by atoms with Crippen LogP contribution in [0.2, 0.25) is 5.02 Å². The summed E-state index contributed by atoms with van der Waals surface area (Å²) in [6.07, 6.45) is 0.990. The standard InChI is InChI=1S/C25H25ClN2O5/c1-16(22-14-19-4-2-3-5-21(19)33-22)27-23(29)15-32-25(31)18-10-12-28(13-11-18)24(30)17-6-8-20(26)9-7-17/h2-9,14,16,18H,10-13,15H2,1H3,(H,27,29)/t16-/m0/s1. The summed E-state index contributed by atoms with van der Waals surface area (Å²) in [4.78, 5) is 39.0. The van der Waals surface area contributed by atoms with Crippen LogP contribution in [-0.4, -0.2) is 42.4 Å². The van der Waals surface area contributed by atoms with Gasteiger partial charge in [0.2, 0.25) is 0 Å². The molecule has 1 atom stereocenters. The van der Waals surface area contributed by atoms with Crippen LogP contribution < -0.4 is 5.32 Å². The molecule has 2 heterocycles. The molecule has 3 aromatic rings. The number of para-hydroxylation sites is 1. The van der Waals surface area contributed by atoms with Gasteiger partial charge in [0.05, 0.1) is 12.0 Å². The lowest BCUT2D eigenvalue weighted by Crippen LogP contribution is -2.41. The van der Waals surface area contributed by atoms with E-state index in [0.29, 0.717) is 42.3 Å². The Morgan fingerprint density at radius 2 is 1.82 bits per heavy atom. The van der Waals surface area contributed by atoms with Crippen LogP contribution in [0.15, 0.2) is 59.0 Å². The number of ether oxygens (including phenoxy) is 1. The Morgan fingerprint density at radius 3 is 2.52 bits per heavy atom. The zero-order chi connectivity index (χ0) is 23.4. The number of piperidine rings is 1. The zero-order valence-corrected chi connectivity index (χ0v) is 19.0. The Labute approximate surface area is 196 Å². The van der Waals surface area contributed by atoms with Crippen LogP contribution in [0.4, 0.5) is 0 Å². The van der Waals surface area contributed by atoms with Crippen LogP contribution in [0, 0.1) is 5.92 Å². The van der Waals surface area contributed by atoms with E-state index in [1.807, 2.05) is 37.3 Å². The number of halogens is 1. The molecule has 4 rings (SSSR count). The van der Waals surface area contributed by atoms with Crippen LogP contribution in [0.3, 0.4) is 0 Å². The number of hydrogen-bond donors (Lipinski definition) is 1. The number of carbonyl (C=O) groups excluding carboxylic acids is 3. The van der Waals surface area contributed by atoms with Gasteiger partial charge in [-0.3, -0.25) is 14.4 Å². The molecule has 33 heavy (non-hydrogen) atoms. The predicted octanol–water partition coefficient (Wildman–Crippen LogP) is 4.36. The van der Waals surface area contributed by atoms with E-state index >= 15 is 0 Å². The van der Waals surface area contributed by atoms with Gasteiger partial charge in [0.15, 0.2) is 6.61 Å². The molecule has 0 saturated carbocycles. The molecule has 2 amide bonds. The number of fused-ring (bicyclic) bond motifs is 1. The third kappa shape index (κ3) is 5.54. The maximum atomic E-state index is 12.6. The monoisotopic (exact) mass is 468 g/mol. The number of esters is 1. The summed E-state index contributed by atoms with van der Waals surface area (Å²) in [6.45, 7) is 2.37. The van der Waals surface area contributed by atoms with Crippen molar-refractivity contribution in [2.45, 2.75) is 25.8 Å². The Balaban J connectivity index is 1.21. The van der Waals surface area contributed by atoms with Crippen molar-refractivity contribution in [1.82, 2.24) is 10.2 Å². The SMILES string of the molecule is C[C@H](NC(=O)COC(=O)C1CCN(C(=O)c2ccc(Cl)cc2)CC1)c1cc2ccccc2o1. The predicted molar refractivity (Wildman–Crippen MR) is 124 cm³/mol. The van der Waals surface area contributed by atoms with Crippen molar-refractivity contribution in [3.63, 3.8) is 0 Å². The minimum absolute atomic E-state index is 0.0857. The topological polar surface area (TPSA) is 88.9 Å². The van der Waals surface area contributed by atoms with E-state index in [1.165, 1.54) is 0 Å². The second-order valence-corrected chi connectivity index (χ2v) is 8.59. The second kappa shape index (κ2) is 10.1. The zero-order valence-electron chi connectivity index (χ0n) is 18.3. The highest BCUT2D eigenvalue weighted by Crippen LogP contribution is 2.24. The Morgan fingerprint density at radius 1 is 1.12 bits per heavy atom. The summed E-state index contributed by atoms with van der Waals surface area (Å²) in [5.74, 6) is -0.599. The van der Waals surface area contributed by atoms with Crippen LogP contribution in [0.5, 0.6) is 0 Å². The fourth-order valence-electron chi connectivity index (χ4n) is 3.92. The van der Waals surface area contributed by atoms with Gasteiger partial charge >= 0.3 is 5.97 Å². The van der Waals surface area contributed by atoms with E-state index in [9.17, 15) is 14.4 Å². The third-order valence-corrected chi connectivity index (χ3v) is 6.05. The molecule has 1 aromatic heterocycles. The van der Waals surface area contributed by atoms with Gasteiger partial charge in [0.1, 0.15) is 11.3 Å². The van der Waals surface area contributed by atoms with Crippen LogP contribution in [0.25, 0.3) is 11.0 Å². The third-order valence-electron chi connectivity index (χ3n) is 5.80.